The van der Waals surface area contributed by atoms with Crippen LogP contribution in [-0.4, -0.2) is 0 Å². The molecule has 1 heterocycles. The molecule has 1 aliphatic rings. The molecule has 0 aliphatic heterocycles. The van der Waals surface area contributed by atoms with Gasteiger partial charge >= 0.3 is 0 Å². The molecule has 0 radical (unpaired) electrons. The molecule has 84 valence electrons. The fraction of sp³-hybridized carbons (Fsp3) is 0.667. The topological polar surface area (TPSA) is 26.0 Å². The maximum Gasteiger partial charge on any atom is 0.0455 e. The van der Waals surface area contributed by atoms with E-state index in [9.17, 15) is 0 Å². The molecule has 2 rings (SSSR count). The number of aryl methyl sites for hydroxylation is 1. The highest BCUT2D eigenvalue weighted by Gasteiger charge is 2.37. The monoisotopic (exact) mass is 287 g/mol. The summed E-state index contributed by atoms with van der Waals surface area (Å²) in [7, 11) is 0. The Morgan fingerprint density at radius 3 is 2.53 bits per heavy atom. The summed E-state index contributed by atoms with van der Waals surface area (Å²) in [5.41, 5.74) is 6.75. The summed E-state index contributed by atoms with van der Waals surface area (Å²) in [5.74, 6) is 0. The van der Waals surface area contributed by atoms with Gasteiger partial charge in [-0.2, -0.15) is 0 Å². The Bertz CT molecular complexity index is 353. The van der Waals surface area contributed by atoms with Crippen molar-refractivity contribution in [3.8, 4) is 0 Å². The Balaban J connectivity index is 2.27. The van der Waals surface area contributed by atoms with Gasteiger partial charge in [-0.05, 0) is 47.2 Å². The summed E-state index contributed by atoms with van der Waals surface area (Å²) in [6, 6.07) is 2.38. The average molecular weight is 288 g/mol. The van der Waals surface area contributed by atoms with Crippen molar-refractivity contribution < 1.29 is 0 Å². The standard InChI is InChI=1S/C12H18BrNS/c1-8-7-9(13)10(15-8)11(14)12(2)5-3-4-6-12/h7,11H,3-6,14H2,1-2H3. The second kappa shape index (κ2) is 4.19. The van der Waals surface area contributed by atoms with Crippen LogP contribution in [0.15, 0.2) is 10.5 Å². The van der Waals surface area contributed by atoms with Crippen LogP contribution in [0.3, 0.4) is 0 Å². The number of halogens is 1. The van der Waals surface area contributed by atoms with Gasteiger partial charge in [-0.1, -0.05) is 19.8 Å². The quantitative estimate of drug-likeness (QED) is 0.857. The van der Waals surface area contributed by atoms with E-state index in [1.54, 1.807) is 0 Å². The summed E-state index contributed by atoms with van der Waals surface area (Å²) >= 11 is 5.46. The third-order valence-electron chi connectivity index (χ3n) is 3.62. The minimum atomic E-state index is 0.202. The first-order chi connectivity index (χ1) is 7.03. The normalized spacial score (nSPS) is 21.9. The molecule has 0 amide bonds. The zero-order valence-electron chi connectivity index (χ0n) is 9.35. The highest BCUT2D eigenvalue weighted by molar-refractivity contribution is 9.10. The summed E-state index contributed by atoms with van der Waals surface area (Å²) in [4.78, 5) is 2.67. The van der Waals surface area contributed by atoms with Crippen molar-refractivity contribution in [3.05, 3.63) is 20.3 Å². The van der Waals surface area contributed by atoms with E-state index in [-0.39, 0.29) is 6.04 Å². The summed E-state index contributed by atoms with van der Waals surface area (Å²) in [6.45, 7) is 4.48. The maximum absolute atomic E-state index is 6.43. The number of hydrogen-bond acceptors (Lipinski definition) is 2. The first-order valence-electron chi connectivity index (χ1n) is 5.54. The molecule has 1 unspecified atom stereocenters. The average Bonchev–Trinajstić information content (AvgIpc) is 2.73. The first-order valence-corrected chi connectivity index (χ1v) is 7.15. The van der Waals surface area contributed by atoms with Gasteiger partial charge < -0.3 is 5.73 Å². The highest BCUT2D eigenvalue weighted by Crippen LogP contribution is 2.48. The molecule has 1 atom stereocenters. The van der Waals surface area contributed by atoms with Crippen LogP contribution in [0, 0.1) is 12.3 Å². The van der Waals surface area contributed by atoms with Crippen molar-refractivity contribution in [2.75, 3.05) is 0 Å². The predicted molar refractivity (Wildman–Crippen MR) is 70.3 cm³/mol. The second-order valence-electron chi connectivity index (χ2n) is 4.91. The zero-order chi connectivity index (χ0) is 11.1. The molecule has 2 N–H and O–H groups in total. The lowest BCUT2D eigenvalue weighted by Crippen LogP contribution is -2.28. The Morgan fingerprint density at radius 2 is 2.07 bits per heavy atom. The minimum absolute atomic E-state index is 0.202. The van der Waals surface area contributed by atoms with E-state index in [0.29, 0.717) is 5.41 Å². The Morgan fingerprint density at radius 1 is 1.47 bits per heavy atom. The van der Waals surface area contributed by atoms with Gasteiger partial charge in [-0.25, -0.2) is 0 Å². The summed E-state index contributed by atoms with van der Waals surface area (Å²) in [6.07, 6.45) is 5.23. The fourth-order valence-corrected chi connectivity index (χ4v) is 4.60. The van der Waals surface area contributed by atoms with Crippen LogP contribution in [0.5, 0.6) is 0 Å². The molecule has 1 aromatic rings. The van der Waals surface area contributed by atoms with Gasteiger partial charge in [0, 0.05) is 20.3 Å². The molecule has 0 spiro atoms. The van der Waals surface area contributed by atoms with E-state index in [1.807, 2.05) is 11.3 Å². The van der Waals surface area contributed by atoms with Gasteiger partial charge in [0.2, 0.25) is 0 Å². The van der Waals surface area contributed by atoms with Gasteiger partial charge in [-0.3, -0.25) is 0 Å². The van der Waals surface area contributed by atoms with Gasteiger partial charge in [-0.15, -0.1) is 11.3 Å². The second-order valence-corrected chi connectivity index (χ2v) is 7.05. The Hall–Kier alpha value is 0.140. The van der Waals surface area contributed by atoms with Crippen LogP contribution in [0.4, 0.5) is 0 Å². The van der Waals surface area contributed by atoms with E-state index in [2.05, 4.69) is 35.8 Å². The van der Waals surface area contributed by atoms with Crippen LogP contribution in [0.25, 0.3) is 0 Å². The Kier molecular flexibility index (Phi) is 3.25. The van der Waals surface area contributed by atoms with Crippen molar-refractivity contribution in [3.63, 3.8) is 0 Å². The SMILES string of the molecule is Cc1cc(Br)c(C(N)C2(C)CCCC2)s1. The molecule has 15 heavy (non-hydrogen) atoms. The largest absolute Gasteiger partial charge is 0.323 e. The predicted octanol–water partition coefficient (Wildman–Crippen LogP) is 4.40. The maximum atomic E-state index is 6.43. The Labute approximate surface area is 104 Å². The number of hydrogen-bond donors (Lipinski definition) is 1. The third-order valence-corrected chi connectivity index (χ3v) is 5.67. The zero-order valence-corrected chi connectivity index (χ0v) is 11.7. The van der Waals surface area contributed by atoms with Gasteiger partial charge in [0.1, 0.15) is 0 Å². The molecule has 0 bridgehead atoms. The summed E-state index contributed by atoms with van der Waals surface area (Å²) in [5, 5.41) is 0. The number of nitrogens with two attached hydrogens (primary N) is 1. The van der Waals surface area contributed by atoms with Gasteiger partial charge in [0.25, 0.3) is 0 Å². The lowest BCUT2D eigenvalue weighted by molar-refractivity contribution is 0.268. The van der Waals surface area contributed by atoms with Crippen molar-refractivity contribution in [1.82, 2.24) is 0 Å². The molecule has 0 aromatic carbocycles. The van der Waals surface area contributed by atoms with Crippen molar-refractivity contribution in [2.24, 2.45) is 11.1 Å². The molecular weight excluding hydrogens is 270 g/mol. The lowest BCUT2D eigenvalue weighted by Gasteiger charge is -2.30. The molecule has 1 saturated carbocycles. The van der Waals surface area contributed by atoms with Gasteiger partial charge in [0.05, 0.1) is 0 Å². The van der Waals surface area contributed by atoms with Crippen molar-refractivity contribution in [2.45, 2.75) is 45.6 Å². The molecule has 1 aliphatic carbocycles. The number of rotatable bonds is 2. The van der Waals surface area contributed by atoms with E-state index in [0.717, 1.165) is 0 Å². The van der Waals surface area contributed by atoms with Crippen LogP contribution >= 0.6 is 27.3 Å². The molecule has 3 heteroatoms. The van der Waals surface area contributed by atoms with Crippen LogP contribution in [0.1, 0.15) is 48.4 Å². The lowest BCUT2D eigenvalue weighted by atomic mass is 9.80. The van der Waals surface area contributed by atoms with E-state index >= 15 is 0 Å². The first kappa shape index (κ1) is 11.6. The smallest absolute Gasteiger partial charge is 0.0455 e. The van der Waals surface area contributed by atoms with E-state index in [4.69, 9.17) is 5.73 Å². The molecular formula is C12H18BrNS. The van der Waals surface area contributed by atoms with Crippen LogP contribution < -0.4 is 5.73 Å². The molecule has 1 nitrogen and oxygen atoms in total. The van der Waals surface area contributed by atoms with Crippen molar-refractivity contribution in [1.29, 1.82) is 0 Å². The summed E-state index contributed by atoms with van der Waals surface area (Å²) < 4.78 is 1.20. The fourth-order valence-electron chi connectivity index (χ4n) is 2.52. The van der Waals surface area contributed by atoms with E-state index in [1.165, 1.54) is 39.9 Å². The minimum Gasteiger partial charge on any atom is -0.323 e. The van der Waals surface area contributed by atoms with Crippen molar-refractivity contribution >= 4 is 27.3 Å². The molecule has 1 aromatic heterocycles. The van der Waals surface area contributed by atoms with E-state index < -0.39 is 0 Å². The van der Waals surface area contributed by atoms with Crippen LogP contribution in [0.2, 0.25) is 0 Å². The van der Waals surface area contributed by atoms with Crippen LogP contribution in [-0.2, 0) is 0 Å². The van der Waals surface area contributed by atoms with Gasteiger partial charge in [0.15, 0.2) is 0 Å². The third kappa shape index (κ3) is 2.15. The molecule has 1 fully saturated rings. The number of thiophene rings is 1. The molecule has 0 saturated heterocycles. The highest BCUT2D eigenvalue weighted by atomic mass is 79.9.